The van der Waals surface area contributed by atoms with Gasteiger partial charge in [-0.2, -0.15) is 5.10 Å². The minimum atomic E-state index is -0.223. The van der Waals surface area contributed by atoms with Gasteiger partial charge in [-0.15, -0.1) is 0 Å². The van der Waals surface area contributed by atoms with Gasteiger partial charge < -0.3 is 10.1 Å². The summed E-state index contributed by atoms with van der Waals surface area (Å²) in [6.07, 6.45) is 5.66. The van der Waals surface area contributed by atoms with E-state index >= 15 is 0 Å². The maximum Gasteiger partial charge on any atom is 0.307 e. The van der Waals surface area contributed by atoms with Gasteiger partial charge in [0.15, 0.2) is 0 Å². The fourth-order valence-electron chi connectivity index (χ4n) is 2.46. The summed E-state index contributed by atoms with van der Waals surface area (Å²) in [5.41, 5.74) is 2.81. The first kappa shape index (κ1) is 17.6. The highest BCUT2D eigenvalue weighted by Gasteiger charge is 2.07. The normalized spacial score (nSPS) is 10.5. The molecule has 0 fully saturated rings. The first-order valence-electron chi connectivity index (χ1n) is 8.49. The Labute approximate surface area is 152 Å². The number of esters is 1. The summed E-state index contributed by atoms with van der Waals surface area (Å²) in [7, 11) is 0. The zero-order valence-electron chi connectivity index (χ0n) is 14.8. The number of nitrogens with zero attached hydrogens (tertiary/aromatic N) is 4. The van der Waals surface area contributed by atoms with E-state index in [1.165, 1.54) is 0 Å². The van der Waals surface area contributed by atoms with Crippen molar-refractivity contribution >= 4 is 17.6 Å². The lowest BCUT2D eigenvalue weighted by atomic mass is 10.2. The van der Waals surface area contributed by atoms with E-state index in [2.05, 4.69) is 20.4 Å². The van der Waals surface area contributed by atoms with Crippen molar-refractivity contribution in [3.8, 4) is 11.3 Å². The number of anilines is 2. The Bertz CT molecular complexity index is 891. The lowest BCUT2D eigenvalue weighted by molar-refractivity contribution is -0.143. The van der Waals surface area contributed by atoms with Crippen molar-refractivity contribution in [2.45, 2.75) is 26.8 Å². The molecular formula is C19H21N5O2. The number of pyridine rings is 2. The largest absolute Gasteiger partial charge is 0.466 e. The molecule has 0 radical (unpaired) electrons. The molecule has 7 nitrogen and oxygen atoms in total. The third-order valence-corrected chi connectivity index (χ3v) is 3.70. The van der Waals surface area contributed by atoms with Crippen molar-refractivity contribution in [2.24, 2.45) is 0 Å². The molecule has 0 spiro atoms. The molecule has 134 valence electrons. The highest BCUT2D eigenvalue weighted by Crippen LogP contribution is 2.20. The van der Waals surface area contributed by atoms with Crippen molar-refractivity contribution in [2.75, 3.05) is 11.9 Å². The predicted molar refractivity (Wildman–Crippen MR) is 99.0 cm³/mol. The summed E-state index contributed by atoms with van der Waals surface area (Å²) in [5.74, 6) is 1.24. The summed E-state index contributed by atoms with van der Waals surface area (Å²) in [4.78, 5) is 20.3. The monoisotopic (exact) mass is 351 g/mol. The molecule has 3 rings (SSSR count). The third kappa shape index (κ3) is 4.66. The number of carbonyl (C=O) groups excluding carboxylic acids is 1. The van der Waals surface area contributed by atoms with E-state index in [1.54, 1.807) is 24.0 Å². The molecule has 0 saturated carbocycles. The van der Waals surface area contributed by atoms with E-state index in [0.29, 0.717) is 25.4 Å². The molecule has 26 heavy (non-hydrogen) atoms. The van der Waals surface area contributed by atoms with Gasteiger partial charge in [-0.3, -0.25) is 9.48 Å². The molecule has 0 saturated heterocycles. The van der Waals surface area contributed by atoms with Gasteiger partial charge >= 0.3 is 5.97 Å². The summed E-state index contributed by atoms with van der Waals surface area (Å²) in [5, 5.41) is 7.49. The van der Waals surface area contributed by atoms with Crippen LogP contribution in [0.1, 0.15) is 18.9 Å². The topological polar surface area (TPSA) is 81.9 Å². The number of nitrogens with one attached hydrogen (secondary N) is 1. The van der Waals surface area contributed by atoms with Crippen molar-refractivity contribution in [3.05, 3.63) is 54.5 Å². The summed E-state index contributed by atoms with van der Waals surface area (Å²) in [6.45, 7) is 4.68. The van der Waals surface area contributed by atoms with Gasteiger partial charge in [-0.1, -0.05) is 6.07 Å². The van der Waals surface area contributed by atoms with Crippen molar-refractivity contribution in [1.82, 2.24) is 19.7 Å². The zero-order chi connectivity index (χ0) is 18.4. The molecule has 1 N–H and O–H groups in total. The summed E-state index contributed by atoms with van der Waals surface area (Å²) >= 11 is 0. The number of carbonyl (C=O) groups is 1. The van der Waals surface area contributed by atoms with E-state index in [0.717, 1.165) is 22.6 Å². The van der Waals surface area contributed by atoms with Gasteiger partial charge in [0.25, 0.3) is 0 Å². The van der Waals surface area contributed by atoms with E-state index in [1.807, 2.05) is 43.5 Å². The molecule has 7 heteroatoms. The van der Waals surface area contributed by atoms with Crippen LogP contribution in [-0.2, 0) is 16.1 Å². The van der Waals surface area contributed by atoms with Crippen LogP contribution >= 0.6 is 0 Å². The fraction of sp³-hybridized carbons (Fsp3) is 0.263. The quantitative estimate of drug-likeness (QED) is 0.658. The molecule has 0 unspecified atom stereocenters. The summed E-state index contributed by atoms with van der Waals surface area (Å²) in [6, 6.07) is 9.64. The number of ether oxygens (including phenoxy) is 1. The minimum Gasteiger partial charge on any atom is -0.466 e. The third-order valence-electron chi connectivity index (χ3n) is 3.70. The average Bonchev–Trinajstić information content (AvgIpc) is 3.10. The van der Waals surface area contributed by atoms with Crippen LogP contribution in [0.3, 0.4) is 0 Å². The maximum absolute atomic E-state index is 11.4. The highest BCUT2D eigenvalue weighted by atomic mass is 16.5. The number of hydrogen-bond acceptors (Lipinski definition) is 6. The van der Waals surface area contributed by atoms with E-state index in [4.69, 9.17) is 4.74 Å². The van der Waals surface area contributed by atoms with Gasteiger partial charge in [-0.05, 0) is 43.7 Å². The standard InChI is InChI=1S/C19H21N5O2/c1-3-26-19(25)8-10-24-13-15(12-21-24)16-5-4-6-17(22-16)23-18-11-14(2)7-9-20-18/h4-7,9,11-13H,3,8,10H2,1-2H3,(H,20,22,23). The minimum absolute atomic E-state index is 0.223. The van der Waals surface area contributed by atoms with Crippen LogP contribution < -0.4 is 5.32 Å². The number of hydrogen-bond donors (Lipinski definition) is 1. The molecule has 0 aromatic carbocycles. The molecular weight excluding hydrogens is 330 g/mol. The molecule has 0 aliphatic rings. The van der Waals surface area contributed by atoms with Crippen LogP contribution in [0.15, 0.2) is 48.9 Å². The Balaban J connectivity index is 1.69. The molecule has 0 aliphatic carbocycles. The van der Waals surface area contributed by atoms with Crippen molar-refractivity contribution < 1.29 is 9.53 Å². The van der Waals surface area contributed by atoms with E-state index < -0.39 is 0 Å². The summed E-state index contributed by atoms with van der Waals surface area (Å²) < 4.78 is 6.65. The number of rotatable bonds is 7. The predicted octanol–water partition coefficient (Wildman–Crippen LogP) is 3.35. The Morgan fingerprint density at radius 2 is 2.15 bits per heavy atom. The second-order valence-electron chi connectivity index (χ2n) is 5.80. The van der Waals surface area contributed by atoms with Crippen molar-refractivity contribution in [1.29, 1.82) is 0 Å². The average molecular weight is 351 g/mol. The van der Waals surface area contributed by atoms with Gasteiger partial charge in [0.2, 0.25) is 0 Å². The highest BCUT2D eigenvalue weighted by molar-refractivity contribution is 5.69. The Hall–Kier alpha value is -3.22. The number of aromatic nitrogens is 4. The van der Waals surface area contributed by atoms with Crippen LogP contribution in [0.4, 0.5) is 11.6 Å². The number of aryl methyl sites for hydroxylation is 2. The second kappa shape index (κ2) is 8.24. The van der Waals surface area contributed by atoms with Crippen molar-refractivity contribution in [3.63, 3.8) is 0 Å². The Morgan fingerprint density at radius 1 is 1.27 bits per heavy atom. The molecule has 3 aromatic rings. The molecule has 0 aliphatic heterocycles. The fourth-order valence-corrected chi connectivity index (χ4v) is 2.46. The molecule has 3 aromatic heterocycles. The lowest BCUT2D eigenvalue weighted by Gasteiger charge is -2.06. The molecule has 0 amide bonds. The molecule has 0 bridgehead atoms. The Kier molecular flexibility index (Phi) is 5.58. The van der Waals surface area contributed by atoms with E-state index in [-0.39, 0.29) is 5.97 Å². The lowest BCUT2D eigenvalue weighted by Crippen LogP contribution is -2.09. The Morgan fingerprint density at radius 3 is 2.96 bits per heavy atom. The zero-order valence-corrected chi connectivity index (χ0v) is 14.8. The second-order valence-corrected chi connectivity index (χ2v) is 5.80. The first-order chi connectivity index (χ1) is 12.6. The molecule has 3 heterocycles. The SMILES string of the molecule is CCOC(=O)CCn1cc(-c2cccc(Nc3cc(C)ccn3)n2)cn1. The smallest absolute Gasteiger partial charge is 0.307 e. The van der Waals surface area contributed by atoms with Crippen LogP contribution in [0.25, 0.3) is 11.3 Å². The van der Waals surface area contributed by atoms with Crippen LogP contribution in [-0.4, -0.2) is 32.3 Å². The first-order valence-corrected chi connectivity index (χ1v) is 8.49. The van der Waals surface area contributed by atoms with Gasteiger partial charge in [-0.25, -0.2) is 9.97 Å². The van der Waals surface area contributed by atoms with E-state index in [9.17, 15) is 4.79 Å². The molecule has 0 atom stereocenters. The maximum atomic E-state index is 11.4. The van der Waals surface area contributed by atoms with Crippen LogP contribution in [0, 0.1) is 6.92 Å². The van der Waals surface area contributed by atoms with Crippen LogP contribution in [0.2, 0.25) is 0 Å². The van der Waals surface area contributed by atoms with Gasteiger partial charge in [0.05, 0.1) is 31.5 Å². The van der Waals surface area contributed by atoms with Gasteiger partial charge in [0, 0.05) is 18.0 Å². The van der Waals surface area contributed by atoms with Gasteiger partial charge in [0.1, 0.15) is 11.6 Å². The van der Waals surface area contributed by atoms with Crippen LogP contribution in [0.5, 0.6) is 0 Å².